The number of benzene rings is 4. The Morgan fingerprint density at radius 1 is 0.872 bits per heavy atom. The molecule has 4 aromatic rings. The van der Waals surface area contributed by atoms with Gasteiger partial charge in [0.2, 0.25) is 11.8 Å². The molecule has 0 heterocycles. The summed E-state index contributed by atoms with van der Waals surface area (Å²) in [5, 5.41) is 3.28. The van der Waals surface area contributed by atoms with Crippen molar-refractivity contribution in [2.24, 2.45) is 0 Å². The van der Waals surface area contributed by atoms with Crippen LogP contribution in [0.4, 0.5) is 10.1 Å². The van der Waals surface area contributed by atoms with Gasteiger partial charge in [-0.05, 0) is 55.7 Å². The lowest BCUT2D eigenvalue weighted by atomic mass is 9.94. The fourth-order valence-corrected chi connectivity index (χ4v) is 7.63. The molecule has 1 aliphatic rings. The zero-order valence-electron chi connectivity index (χ0n) is 26.3. The van der Waals surface area contributed by atoms with Crippen LogP contribution in [0.5, 0.6) is 0 Å². The first-order valence-electron chi connectivity index (χ1n) is 15.8. The number of nitrogens with zero attached hydrogens (tertiary/aromatic N) is 2. The highest BCUT2D eigenvalue weighted by molar-refractivity contribution is 7.92. The van der Waals surface area contributed by atoms with Gasteiger partial charge in [-0.3, -0.25) is 13.9 Å². The number of hydrogen-bond acceptors (Lipinski definition) is 4. The molecular weight excluding hydrogens is 637 g/mol. The van der Waals surface area contributed by atoms with Crippen molar-refractivity contribution in [1.82, 2.24) is 10.2 Å². The van der Waals surface area contributed by atoms with E-state index in [2.05, 4.69) is 5.32 Å². The van der Waals surface area contributed by atoms with Gasteiger partial charge in [0.1, 0.15) is 18.4 Å². The molecule has 10 heteroatoms. The quantitative estimate of drug-likeness (QED) is 0.174. The van der Waals surface area contributed by atoms with Gasteiger partial charge in [0.25, 0.3) is 10.0 Å². The molecule has 0 spiro atoms. The highest BCUT2D eigenvalue weighted by Gasteiger charge is 2.36. The summed E-state index contributed by atoms with van der Waals surface area (Å²) in [5.41, 5.74) is 1.99. The molecule has 0 saturated heterocycles. The third-order valence-electron chi connectivity index (χ3n) is 8.53. The van der Waals surface area contributed by atoms with Crippen LogP contribution in [0.3, 0.4) is 0 Å². The van der Waals surface area contributed by atoms with E-state index < -0.39 is 34.3 Å². The Bertz CT molecular complexity index is 1780. The number of carbonyl (C=O) groups excluding carboxylic acids is 2. The number of amides is 2. The lowest BCUT2D eigenvalue weighted by Crippen LogP contribution is -2.55. The van der Waals surface area contributed by atoms with Crippen LogP contribution >= 0.6 is 11.6 Å². The van der Waals surface area contributed by atoms with Crippen LogP contribution in [0.25, 0.3) is 0 Å². The first-order valence-corrected chi connectivity index (χ1v) is 17.7. The Kier molecular flexibility index (Phi) is 11.3. The molecule has 0 aromatic heterocycles. The van der Waals surface area contributed by atoms with E-state index in [9.17, 15) is 18.0 Å². The molecule has 5 rings (SSSR count). The maximum absolute atomic E-state index is 15.1. The second-order valence-corrected chi connectivity index (χ2v) is 14.2. The summed E-state index contributed by atoms with van der Waals surface area (Å²) in [6.45, 7) is 0.927. The maximum Gasteiger partial charge on any atom is 0.264 e. The summed E-state index contributed by atoms with van der Waals surface area (Å²) in [6, 6.07) is 26.9. The van der Waals surface area contributed by atoms with Gasteiger partial charge in [-0.2, -0.15) is 0 Å². The monoisotopic (exact) mass is 675 g/mol. The number of nitrogens with one attached hydrogen (secondary N) is 1. The lowest BCUT2D eigenvalue weighted by Gasteiger charge is -2.35. The Morgan fingerprint density at radius 3 is 2.19 bits per heavy atom. The highest BCUT2D eigenvalue weighted by Crippen LogP contribution is 2.31. The van der Waals surface area contributed by atoms with Crippen LogP contribution in [0, 0.1) is 12.7 Å². The Balaban J connectivity index is 1.58. The molecule has 0 bridgehead atoms. The van der Waals surface area contributed by atoms with Gasteiger partial charge in [-0.25, -0.2) is 12.8 Å². The molecule has 7 nitrogen and oxygen atoms in total. The normalized spacial score (nSPS) is 14.3. The second kappa shape index (κ2) is 15.6. The van der Waals surface area contributed by atoms with Crippen LogP contribution in [0.2, 0.25) is 5.02 Å². The topological polar surface area (TPSA) is 86.8 Å². The molecule has 1 atom stereocenters. The van der Waals surface area contributed by atoms with Crippen molar-refractivity contribution in [3.05, 3.63) is 131 Å². The van der Waals surface area contributed by atoms with Gasteiger partial charge in [0, 0.05) is 24.6 Å². The van der Waals surface area contributed by atoms with Crippen LogP contribution < -0.4 is 9.62 Å². The molecule has 4 aromatic carbocycles. The van der Waals surface area contributed by atoms with E-state index in [0.29, 0.717) is 0 Å². The van der Waals surface area contributed by atoms with E-state index in [1.165, 1.54) is 29.2 Å². The number of carbonyl (C=O) groups is 2. The average Bonchev–Trinajstić information content (AvgIpc) is 3.07. The van der Waals surface area contributed by atoms with Crippen molar-refractivity contribution >= 4 is 39.1 Å². The molecule has 0 radical (unpaired) electrons. The summed E-state index contributed by atoms with van der Waals surface area (Å²) in [5.74, 6) is -1.58. The Labute approximate surface area is 281 Å². The van der Waals surface area contributed by atoms with E-state index in [1.807, 2.05) is 37.3 Å². The predicted octanol–water partition coefficient (Wildman–Crippen LogP) is 7.07. The number of hydrogen-bond donors (Lipinski definition) is 1. The van der Waals surface area contributed by atoms with E-state index in [4.69, 9.17) is 11.6 Å². The van der Waals surface area contributed by atoms with Crippen molar-refractivity contribution in [3.8, 4) is 0 Å². The highest BCUT2D eigenvalue weighted by atomic mass is 35.5. The fraction of sp³-hybridized carbons (Fsp3) is 0.297. The van der Waals surface area contributed by atoms with Gasteiger partial charge in [0.15, 0.2) is 0 Å². The summed E-state index contributed by atoms with van der Waals surface area (Å²) in [7, 11) is -4.30. The molecule has 1 saturated carbocycles. The van der Waals surface area contributed by atoms with Gasteiger partial charge >= 0.3 is 0 Å². The van der Waals surface area contributed by atoms with E-state index in [1.54, 1.807) is 48.5 Å². The zero-order chi connectivity index (χ0) is 33.4. The molecule has 0 aliphatic heterocycles. The predicted molar refractivity (Wildman–Crippen MR) is 183 cm³/mol. The minimum atomic E-state index is -4.30. The van der Waals surface area contributed by atoms with Gasteiger partial charge in [0.05, 0.1) is 15.6 Å². The van der Waals surface area contributed by atoms with E-state index >= 15 is 4.39 Å². The largest absolute Gasteiger partial charge is 0.352 e. The van der Waals surface area contributed by atoms with E-state index in [-0.39, 0.29) is 46.1 Å². The van der Waals surface area contributed by atoms with Gasteiger partial charge in [-0.15, -0.1) is 0 Å². The average molecular weight is 676 g/mol. The van der Waals surface area contributed by atoms with Gasteiger partial charge in [-0.1, -0.05) is 109 Å². The first kappa shape index (κ1) is 34.1. The standard InChI is InChI=1S/C37H39ClFN3O4S/c1-27-20-22-31(23-21-27)47(45,46)42(34-19-11-9-17-32(34)38)26-36(43)41(25-29-14-8-10-18-33(29)39)35(24-28-12-4-2-5-13-28)37(44)40-30-15-6-3-7-16-30/h2,4-5,8-14,17-23,30,35H,3,6-7,15-16,24-26H2,1H3,(H,40,44)/t35-/m1/s1. The van der Waals surface area contributed by atoms with Crippen LogP contribution in [-0.4, -0.2) is 43.8 Å². The smallest absolute Gasteiger partial charge is 0.264 e. The van der Waals surface area contributed by atoms with Crippen molar-refractivity contribution in [2.45, 2.75) is 69.0 Å². The Hall–Kier alpha value is -4.21. The summed E-state index contributed by atoms with van der Waals surface area (Å²) in [4.78, 5) is 30.0. The van der Waals surface area contributed by atoms with Crippen LogP contribution in [0.1, 0.15) is 48.8 Å². The number of para-hydroxylation sites is 1. The summed E-state index contributed by atoms with van der Waals surface area (Å²) < 4.78 is 44.5. The molecule has 1 fully saturated rings. The number of anilines is 1. The molecule has 2 amide bonds. The lowest BCUT2D eigenvalue weighted by molar-refractivity contribution is -0.140. The molecule has 47 heavy (non-hydrogen) atoms. The number of sulfonamides is 1. The second-order valence-electron chi connectivity index (χ2n) is 11.9. The first-order chi connectivity index (χ1) is 22.6. The Morgan fingerprint density at radius 2 is 1.51 bits per heavy atom. The summed E-state index contributed by atoms with van der Waals surface area (Å²) in [6.07, 6.45) is 4.91. The molecular formula is C37H39ClFN3O4S. The van der Waals surface area contributed by atoms with Crippen molar-refractivity contribution in [3.63, 3.8) is 0 Å². The molecule has 0 unspecified atom stereocenters. The fourth-order valence-electron chi connectivity index (χ4n) is 5.91. The number of halogens is 2. The van der Waals surface area contributed by atoms with Gasteiger partial charge < -0.3 is 10.2 Å². The molecule has 1 aliphatic carbocycles. The SMILES string of the molecule is Cc1ccc(S(=O)(=O)N(CC(=O)N(Cc2ccccc2F)[C@H](Cc2ccccc2)C(=O)NC2CCCCC2)c2ccccc2Cl)cc1. The van der Waals surface area contributed by atoms with Crippen molar-refractivity contribution < 1.29 is 22.4 Å². The minimum absolute atomic E-state index is 0.0210. The third kappa shape index (κ3) is 8.58. The maximum atomic E-state index is 15.1. The minimum Gasteiger partial charge on any atom is -0.352 e. The van der Waals surface area contributed by atoms with Crippen LogP contribution in [0.15, 0.2) is 108 Å². The molecule has 1 N–H and O–H groups in total. The molecule has 246 valence electrons. The van der Waals surface area contributed by atoms with Crippen LogP contribution in [-0.2, 0) is 32.6 Å². The zero-order valence-corrected chi connectivity index (χ0v) is 27.9. The summed E-state index contributed by atoms with van der Waals surface area (Å²) >= 11 is 6.54. The van der Waals surface area contributed by atoms with Crippen molar-refractivity contribution in [1.29, 1.82) is 0 Å². The number of aryl methyl sites for hydroxylation is 1. The third-order valence-corrected chi connectivity index (χ3v) is 10.6. The van der Waals surface area contributed by atoms with Crippen molar-refractivity contribution in [2.75, 3.05) is 10.8 Å². The van der Waals surface area contributed by atoms with E-state index in [0.717, 1.165) is 47.5 Å². The number of rotatable bonds is 12.